The van der Waals surface area contributed by atoms with Crippen LogP contribution in [0.25, 0.3) is 0 Å². The minimum atomic E-state index is -0.107. The van der Waals surface area contributed by atoms with Crippen LogP contribution in [0, 0.1) is 0 Å². The summed E-state index contributed by atoms with van der Waals surface area (Å²) >= 11 is 0. The average Bonchev–Trinajstić information content (AvgIpc) is 2.65. The van der Waals surface area contributed by atoms with Gasteiger partial charge < -0.3 is 15.3 Å². The first-order chi connectivity index (χ1) is 13.2. The monoisotopic (exact) mass is 388 g/mol. The molecule has 162 valence electrons. The predicted octanol–water partition coefficient (Wildman–Crippen LogP) is 3.79. The van der Waals surface area contributed by atoms with Gasteiger partial charge in [-0.25, -0.2) is 4.79 Å². The van der Waals surface area contributed by atoms with E-state index in [1.54, 1.807) is 0 Å². The first kappa shape index (κ1) is 26.5. The molecule has 0 rings (SSSR count). The number of amides is 1. The van der Waals surface area contributed by atoms with Gasteiger partial charge in [0.1, 0.15) is 19.6 Å². The fourth-order valence-electron chi connectivity index (χ4n) is 3.81. The number of aliphatic hydroxyl groups excluding tert-OH is 3. The molecule has 5 heteroatoms. The summed E-state index contributed by atoms with van der Waals surface area (Å²) in [5.74, 6) is 0.0372. The molecule has 0 bridgehead atoms. The van der Waals surface area contributed by atoms with Crippen molar-refractivity contribution >= 4 is 5.91 Å². The second kappa shape index (κ2) is 18.9. The summed E-state index contributed by atoms with van der Waals surface area (Å²) in [5.41, 5.74) is 0. The number of carbonyl (C=O) groups excluding carboxylic acids is 1. The highest BCUT2D eigenvalue weighted by Crippen LogP contribution is 2.15. The van der Waals surface area contributed by atoms with Crippen molar-refractivity contribution < 1.29 is 24.6 Å². The molecule has 0 aliphatic carbocycles. The van der Waals surface area contributed by atoms with E-state index in [0.29, 0.717) is 6.42 Å². The Balaban J connectivity index is 3.73. The van der Waals surface area contributed by atoms with Crippen LogP contribution in [0.2, 0.25) is 0 Å². The summed E-state index contributed by atoms with van der Waals surface area (Å²) in [5, 5.41) is 27.8. The third-order valence-electron chi connectivity index (χ3n) is 5.61. The standard InChI is InChI=1S/C22H46NO4/c1-2-3-4-5-6-7-8-9-10-11-12-13-14-15-22(27)23(16-19-24,17-20-25)18-21-26/h24-26H,2-21H2,1H3/q+1. The van der Waals surface area contributed by atoms with Crippen molar-refractivity contribution in [2.75, 3.05) is 39.5 Å². The SMILES string of the molecule is CCCCCCCCCCCCCCCC(=O)[N+](CCO)(CCO)CCO. The third-order valence-corrected chi connectivity index (χ3v) is 5.61. The smallest absolute Gasteiger partial charge is 0.313 e. The lowest BCUT2D eigenvalue weighted by Crippen LogP contribution is -2.57. The van der Waals surface area contributed by atoms with Crippen molar-refractivity contribution in [2.24, 2.45) is 0 Å². The van der Waals surface area contributed by atoms with Crippen molar-refractivity contribution in [1.29, 1.82) is 0 Å². The molecule has 3 N–H and O–H groups in total. The van der Waals surface area contributed by atoms with E-state index in [0.717, 1.165) is 12.8 Å². The lowest BCUT2D eigenvalue weighted by atomic mass is 10.0. The quantitative estimate of drug-likeness (QED) is 0.219. The van der Waals surface area contributed by atoms with Crippen LogP contribution in [-0.2, 0) is 4.79 Å². The summed E-state index contributed by atoms with van der Waals surface area (Å²) in [7, 11) is 0. The Labute approximate surface area is 167 Å². The highest BCUT2D eigenvalue weighted by atomic mass is 16.3. The normalized spacial score (nSPS) is 11.9. The van der Waals surface area contributed by atoms with Crippen LogP contribution in [0.15, 0.2) is 0 Å². The Hall–Kier alpha value is -0.490. The van der Waals surface area contributed by atoms with E-state index < -0.39 is 0 Å². The first-order valence-corrected chi connectivity index (χ1v) is 11.4. The Morgan fingerprint density at radius 3 is 1.26 bits per heavy atom. The van der Waals surface area contributed by atoms with Crippen LogP contribution in [0.4, 0.5) is 0 Å². The number of rotatable bonds is 20. The van der Waals surface area contributed by atoms with E-state index in [1.807, 2.05) is 0 Å². The van der Waals surface area contributed by atoms with Gasteiger partial charge in [-0.15, -0.1) is 0 Å². The van der Waals surface area contributed by atoms with E-state index in [9.17, 15) is 20.1 Å². The highest BCUT2D eigenvalue weighted by molar-refractivity contribution is 5.69. The van der Waals surface area contributed by atoms with E-state index >= 15 is 0 Å². The average molecular weight is 389 g/mol. The van der Waals surface area contributed by atoms with E-state index in [1.165, 1.54) is 70.6 Å². The largest absolute Gasteiger partial charge is 0.390 e. The predicted molar refractivity (Wildman–Crippen MR) is 111 cm³/mol. The molecule has 0 aliphatic rings. The van der Waals surface area contributed by atoms with Crippen molar-refractivity contribution in [2.45, 2.75) is 96.8 Å². The lowest BCUT2D eigenvalue weighted by Gasteiger charge is -2.34. The van der Waals surface area contributed by atoms with Crippen LogP contribution in [0.3, 0.4) is 0 Å². The highest BCUT2D eigenvalue weighted by Gasteiger charge is 2.34. The Kier molecular flexibility index (Phi) is 18.5. The van der Waals surface area contributed by atoms with Crippen molar-refractivity contribution in [3.63, 3.8) is 0 Å². The Bertz CT molecular complexity index is 319. The molecule has 0 aromatic heterocycles. The molecule has 0 aromatic carbocycles. The third kappa shape index (κ3) is 13.3. The molecule has 0 unspecified atom stereocenters. The molecule has 0 saturated heterocycles. The van der Waals surface area contributed by atoms with E-state index in [-0.39, 0.29) is 49.8 Å². The molecule has 0 heterocycles. The molecule has 0 fully saturated rings. The second-order valence-corrected chi connectivity index (χ2v) is 7.87. The fraction of sp³-hybridized carbons (Fsp3) is 0.955. The number of quaternary nitrogens is 1. The molecule has 0 aromatic rings. The number of hydrogen-bond acceptors (Lipinski definition) is 4. The topological polar surface area (TPSA) is 77.8 Å². The summed E-state index contributed by atoms with van der Waals surface area (Å²) < 4.78 is 0.00174. The number of aliphatic hydroxyl groups is 3. The van der Waals surface area contributed by atoms with Gasteiger partial charge in [-0.2, -0.15) is 0 Å². The van der Waals surface area contributed by atoms with Crippen LogP contribution in [0.5, 0.6) is 0 Å². The van der Waals surface area contributed by atoms with Gasteiger partial charge in [0, 0.05) is 0 Å². The van der Waals surface area contributed by atoms with Crippen molar-refractivity contribution in [1.82, 2.24) is 0 Å². The zero-order chi connectivity index (χ0) is 20.2. The number of unbranched alkanes of at least 4 members (excludes halogenated alkanes) is 12. The van der Waals surface area contributed by atoms with E-state index in [2.05, 4.69) is 6.92 Å². The molecule has 5 nitrogen and oxygen atoms in total. The van der Waals surface area contributed by atoms with Gasteiger partial charge in [0.25, 0.3) is 0 Å². The summed E-state index contributed by atoms with van der Waals surface area (Å²) in [6.45, 7) is 2.76. The first-order valence-electron chi connectivity index (χ1n) is 11.4. The van der Waals surface area contributed by atoms with Gasteiger partial charge in [-0.3, -0.25) is 4.48 Å². The maximum Gasteiger partial charge on any atom is 0.313 e. The summed E-state index contributed by atoms with van der Waals surface area (Å²) in [6.07, 6.45) is 17.0. The molecule has 0 radical (unpaired) electrons. The van der Waals surface area contributed by atoms with Crippen LogP contribution < -0.4 is 0 Å². The number of carbonyl (C=O) groups is 1. The van der Waals surface area contributed by atoms with Crippen molar-refractivity contribution in [3.8, 4) is 0 Å². The zero-order valence-corrected chi connectivity index (χ0v) is 17.8. The maximum atomic E-state index is 12.6. The Morgan fingerprint density at radius 1 is 0.593 bits per heavy atom. The molecular formula is C22H46NO4+. The summed E-state index contributed by atoms with van der Waals surface area (Å²) in [6, 6.07) is 0. The van der Waals surface area contributed by atoms with Gasteiger partial charge in [0.15, 0.2) is 0 Å². The summed E-state index contributed by atoms with van der Waals surface area (Å²) in [4.78, 5) is 12.6. The van der Waals surface area contributed by atoms with Crippen LogP contribution in [-0.4, -0.2) is 65.2 Å². The molecule has 0 spiro atoms. The molecule has 1 amide bonds. The van der Waals surface area contributed by atoms with Crippen LogP contribution in [0.1, 0.15) is 96.8 Å². The van der Waals surface area contributed by atoms with E-state index in [4.69, 9.17) is 0 Å². The van der Waals surface area contributed by atoms with Crippen LogP contribution >= 0.6 is 0 Å². The number of nitrogens with zero attached hydrogens (tertiary/aromatic N) is 1. The van der Waals surface area contributed by atoms with Gasteiger partial charge in [-0.1, -0.05) is 84.0 Å². The Morgan fingerprint density at radius 2 is 0.926 bits per heavy atom. The van der Waals surface area contributed by atoms with Crippen molar-refractivity contribution in [3.05, 3.63) is 0 Å². The maximum absolute atomic E-state index is 12.6. The zero-order valence-electron chi connectivity index (χ0n) is 17.8. The van der Waals surface area contributed by atoms with Gasteiger partial charge in [-0.05, 0) is 6.42 Å². The molecular weight excluding hydrogens is 342 g/mol. The minimum absolute atomic E-state index is 0.00174. The molecule has 0 saturated carbocycles. The lowest BCUT2D eigenvalue weighted by molar-refractivity contribution is -0.856. The minimum Gasteiger partial charge on any atom is -0.390 e. The van der Waals surface area contributed by atoms with Gasteiger partial charge >= 0.3 is 5.91 Å². The molecule has 27 heavy (non-hydrogen) atoms. The molecule has 0 aliphatic heterocycles. The number of hydrogen-bond donors (Lipinski definition) is 3. The van der Waals surface area contributed by atoms with Gasteiger partial charge in [0.05, 0.1) is 26.2 Å². The molecule has 0 atom stereocenters. The second-order valence-electron chi connectivity index (χ2n) is 7.87. The van der Waals surface area contributed by atoms with Gasteiger partial charge in [0.2, 0.25) is 0 Å². The fourth-order valence-corrected chi connectivity index (χ4v) is 3.81.